The van der Waals surface area contributed by atoms with Crippen LogP contribution in [0.25, 0.3) is 21.5 Å². The number of hydrogen-bond donors (Lipinski definition) is 2. The minimum atomic E-state index is -1.47. The number of hydrogen-bond acceptors (Lipinski definition) is 10. The molecule has 6 aromatic carbocycles. The lowest BCUT2D eigenvalue weighted by Crippen LogP contribution is -2.18. The summed E-state index contributed by atoms with van der Waals surface area (Å²) in [6.45, 7) is 18.8. The molecule has 6 aromatic rings. The molecule has 0 aliphatic rings. The number of benzene rings is 6. The second-order valence-corrected chi connectivity index (χ2v) is 20.1. The van der Waals surface area contributed by atoms with Gasteiger partial charge in [0.25, 0.3) is 5.78 Å². The normalized spacial score (nSPS) is 11.1. The number of fused-ring (bicyclic) bond motifs is 2. The molecule has 374 valence electrons. The van der Waals surface area contributed by atoms with Gasteiger partial charge in [0.1, 0.15) is 36.2 Å². The van der Waals surface area contributed by atoms with E-state index < -0.39 is 23.3 Å². The third-order valence-electron chi connectivity index (χ3n) is 10.6. The van der Waals surface area contributed by atoms with Gasteiger partial charge in [0, 0.05) is 39.3 Å². The van der Waals surface area contributed by atoms with Crippen molar-refractivity contribution in [2.75, 3.05) is 44.9 Å². The Morgan fingerprint density at radius 3 is 1.30 bits per heavy atom. The Balaban J connectivity index is 0.000000281. The van der Waals surface area contributed by atoms with Crippen molar-refractivity contribution in [1.82, 2.24) is 0 Å². The van der Waals surface area contributed by atoms with Crippen molar-refractivity contribution in [3.05, 3.63) is 137 Å². The first-order valence-electron chi connectivity index (χ1n) is 22.4. The maximum Gasteiger partial charge on any atom is 0.377 e. The van der Waals surface area contributed by atoms with Gasteiger partial charge in [-0.1, -0.05) is 129 Å². The lowest BCUT2D eigenvalue weighted by atomic mass is 9.85. The first-order valence-corrected chi connectivity index (χ1v) is 23.8. The molecule has 0 saturated heterocycles. The van der Waals surface area contributed by atoms with E-state index in [4.69, 9.17) is 64.6 Å². The molecule has 0 atom stereocenters. The van der Waals surface area contributed by atoms with Gasteiger partial charge >= 0.3 is 5.97 Å². The van der Waals surface area contributed by atoms with Crippen LogP contribution in [0.1, 0.15) is 99.7 Å². The summed E-state index contributed by atoms with van der Waals surface area (Å²) in [5.41, 5.74) is 9.73. The number of carboxylic acids is 1. The van der Waals surface area contributed by atoms with Crippen LogP contribution in [-0.2, 0) is 31.6 Å². The predicted molar refractivity (Wildman–Crippen MR) is 283 cm³/mol. The summed E-state index contributed by atoms with van der Waals surface area (Å²) < 4.78 is 21.7. The number of anilines is 1. The molecule has 0 heterocycles. The van der Waals surface area contributed by atoms with Crippen LogP contribution in [0.15, 0.2) is 109 Å². The number of halogens is 3. The summed E-state index contributed by atoms with van der Waals surface area (Å²) in [7, 11) is 3.19. The number of alkyl halides is 2. The average molecular weight is 1020 g/mol. The topological polar surface area (TPSA) is 169 Å². The highest BCUT2D eigenvalue weighted by Gasteiger charge is 2.24. The van der Waals surface area contributed by atoms with Crippen molar-refractivity contribution in [2.45, 2.75) is 79.6 Å². The SMILES string of the molecule is CC(C)(C)C(=O)Cl.COc1ccc(C(C)(C)C)cc1CC(=O)C(=O)c1ccc(OCCCl)c2ccccc12.COc1ccc(C(C)(C)C)cc1N.O=C(O)C(=O)c1ccc(OCCCl)c2ccccc12. The van der Waals surface area contributed by atoms with Gasteiger partial charge in [0.15, 0.2) is 0 Å². The summed E-state index contributed by atoms with van der Waals surface area (Å²) in [5.74, 6) is -0.130. The zero-order valence-corrected chi connectivity index (χ0v) is 44.0. The van der Waals surface area contributed by atoms with Crippen molar-refractivity contribution < 1.29 is 48.0 Å². The molecule has 0 amide bonds. The fraction of sp³-hybridized carbons (Fsp3) is 0.339. The highest BCUT2D eigenvalue weighted by atomic mass is 35.5. The average Bonchev–Trinajstić information content (AvgIpc) is 3.31. The van der Waals surface area contributed by atoms with E-state index in [1.807, 2.05) is 54.6 Å². The van der Waals surface area contributed by atoms with E-state index in [0.717, 1.165) is 16.7 Å². The molecule has 0 bridgehead atoms. The Morgan fingerprint density at radius 1 is 0.543 bits per heavy atom. The number of ketones is 3. The molecule has 0 aromatic heterocycles. The predicted octanol–water partition coefficient (Wildman–Crippen LogP) is 12.9. The number of carboxylic acid groups (broad SMARTS) is 1. The number of nitrogens with two attached hydrogens (primary N) is 1. The quantitative estimate of drug-likeness (QED) is 0.0350. The molecule has 0 fully saturated rings. The number of carbonyl (C=O) groups is 5. The minimum absolute atomic E-state index is 0.0231. The van der Waals surface area contributed by atoms with Gasteiger partial charge in [-0.05, 0) is 86.8 Å². The molecule has 14 heteroatoms. The molecule has 0 aliphatic carbocycles. The van der Waals surface area contributed by atoms with Crippen LogP contribution in [0.2, 0.25) is 0 Å². The van der Waals surface area contributed by atoms with E-state index >= 15 is 0 Å². The third-order valence-corrected chi connectivity index (χ3v) is 11.4. The smallest absolute Gasteiger partial charge is 0.377 e. The van der Waals surface area contributed by atoms with Crippen molar-refractivity contribution in [1.29, 1.82) is 0 Å². The largest absolute Gasteiger partial charge is 0.496 e. The number of aliphatic carboxylic acids is 1. The monoisotopic (exact) mass is 1020 g/mol. The highest BCUT2D eigenvalue weighted by Crippen LogP contribution is 2.33. The van der Waals surface area contributed by atoms with Crippen molar-refractivity contribution >= 4 is 90.6 Å². The lowest BCUT2D eigenvalue weighted by molar-refractivity contribution is -0.131. The summed E-state index contributed by atoms with van der Waals surface area (Å²) in [4.78, 5) is 58.8. The van der Waals surface area contributed by atoms with Crippen LogP contribution in [0, 0.1) is 5.41 Å². The molecule has 0 unspecified atom stereocenters. The molecule has 70 heavy (non-hydrogen) atoms. The summed E-state index contributed by atoms with van der Waals surface area (Å²) in [6.07, 6.45) is -0.0231. The number of methoxy groups -OCH3 is 2. The Kier molecular flexibility index (Phi) is 21.8. The van der Waals surface area contributed by atoms with Crippen LogP contribution in [-0.4, -0.2) is 72.9 Å². The lowest BCUT2D eigenvalue weighted by Gasteiger charge is -2.21. The van der Waals surface area contributed by atoms with E-state index in [2.05, 4.69) is 47.6 Å². The van der Waals surface area contributed by atoms with E-state index in [9.17, 15) is 24.0 Å². The zero-order chi connectivity index (χ0) is 52.6. The Hall–Kier alpha value is -6.14. The molecule has 0 spiro atoms. The second-order valence-electron chi connectivity index (χ2n) is 19.0. The van der Waals surface area contributed by atoms with E-state index in [0.29, 0.717) is 75.2 Å². The molecule has 11 nitrogen and oxygen atoms in total. The number of carbonyl (C=O) groups excluding carboxylic acids is 4. The zero-order valence-electron chi connectivity index (χ0n) is 41.8. The Labute approximate surface area is 426 Å². The van der Waals surface area contributed by atoms with E-state index in [-0.39, 0.29) is 33.5 Å². The summed E-state index contributed by atoms with van der Waals surface area (Å²) in [5, 5.41) is 11.2. The molecular formula is C56H64Cl3NO10. The third kappa shape index (κ3) is 16.5. The first kappa shape index (κ1) is 58.2. The Morgan fingerprint density at radius 2 is 0.929 bits per heavy atom. The fourth-order valence-corrected chi connectivity index (χ4v) is 6.74. The van der Waals surface area contributed by atoms with Gasteiger partial charge < -0.3 is 29.8 Å². The van der Waals surface area contributed by atoms with Crippen molar-refractivity contribution in [2.24, 2.45) is 5.41 Å². The second kappa shape index (κ2) is 26.2. The van der Waals surface area contributed by atoms with Crippen molar-refractivity contribution in [3.8, 4) is 23.0 Å². The van der Waals surface area contributed by atoms with Crippen LogP contribution in [0.3, 0.4) is 0 Å². The fourth-order valence-electron chi connectivity index (χ4n) is 6.59. The van der Waals surface area contributed by atoms with Gasteiger partial charge in [0.05, 0.1) is 31.7 Å². The van der Waals surface area contributed by atoms with Gasteiger partial charge in [-0.3, -0.25) is 19.2 Å². The number of nitrogen functional groups attached to an aromatic ring is 1. The van der Waals surface area contributed by atoms with Crippen LogP contribution in [0.4, 0.5) is 5.69 Å². The first-order chi connectivity index (χ1) is 32.8. The van der Waals surface area contributed by atoms with Crippen LogP contribution >= 0.6 is 34.8 Å². The van der Waals surface area contributed by atoms with Gasteiger partial charge in [-0.25, -0.2) is 4.79 Å². The standard InChI is InChI=1S/C26H27ClO4.C14H11ClO4.C11H17NO.C5H9ClO/c1-26(2,3)18-9-11-23(30-4)17(15-18)16-22(28)25(29)21-10-12-24(31-14-13-27)20-8-6-5-7-19(20)21;15-7-8-19-12-6-5-11(13(16)14(17)18)9-3-1-2-4-10(9)12;1-11(2,3)8-5-6-10(13-4)9(12)7-8;1-5(2,3)4(6)7/h5-12,15H,13-14,16H2,1-4H3;1-6H,7-8H2,(H,17,18);5-7H,12H2,1-4H3;1-3H3. The molecule has 0 radical (unpaired) electrons. The maximum absolute atomic E-state index is 13.1. The van der Waals surface area contributed by atoms with Crippen LogP contribution < -0.4 is 24.7 Å². The Bertz CT molecular complexity index is 2780. The van der Waals surface area contributed by atoms with Gasteiger partial charge in [0.2, 0.25) is 16.8 Å². The molecule has 0 aliphatic heterocycles. The highest BCUT2D eigenvalue weighted by molar-refractivity contribution is 6.64. The summed E-state index contributed by atoms with van der Waals surface area (Å²) >= 11 is 16.4. The molecular weight excluding hydrogens is 953 g/mol. The maximum atomic E-state index is 13.1. The number of Topliss-reactive ketones (excluding diaryl/α,β-unsaturated/α-hetero) is 3. The van der Waals surface area contributed by atoms with Crippen molar-refractivity contribution in [3.63, 3.8) is 0 Å². The van der Waals surface area contributed by atoms with Gasteiger partial charge in [-0.2, -0.15) is 0 Å². The number of rotatable bonds is 14. The number of ether oxygens (including phenoxy) is 4. The minimum Gasteiger partial charge on any atom is -0.496 e. The van der Waals surface area contributed by atoms with E-state index in [1.54, 1.807) is 77.5 Å². The molecule has 6 rings (SSSR count). The molecule has 0 saturated carbocycles. The summed E-state index contributed by atoms with van der Waals surface area (Å²) in [6, 6.07) is 32.6. The molecule has 3 N–H and O–H groups in total. The van der Waals surface area contributed by atoms with Gasteiger partial charge in [-0.15, -0.1) is 23.2 Å². The van der Waals surface area contributed by atoms with E-state index in [1.165, 1.54) is 11.6 Å². The van der Waals surface area contributed by atoms with Crippen LogP contribution in [0.5, 0.6) is 23.0 Å².